The molecule has 6 rings (SSSR count). The third-order valence-corrected chi connectivity index (χ3v) is 7.32. The summed E-state index contributed by atoms with van der Waals surface area (Å²) in [4.78, 5) is 17.4. The van der Waals surface area contributed by atoms with Gasteiger partial charge in [-0.3, -0.25) is 14.4 Å². The number of amides is 1. The minimum Gasteiger partial charge on any atom is -0.493 e. The zero-order valence-electron chi connectivity index (χ0n) is 19.0. The van der Waals surface area contributed by atoms with Crippen molar-refractivity contribution >= 4 is 5.91 Å². The molecule has 1 atom stereocenters. The Morgan fingerprint density at radius 2 is 1.97 bits per heavy atom. The van der Waals surface area contributed by atoms with Crippen LogP contribution in [-0.2, 0) is 24.5 Å². The molecule has 4 aliphatic heterocycles. The van der Waals surface area contributed by atoms with Crippen molar-refractivity contribution in [1.82, 2.24) is 24.8 Å². The van der Waals surface area contributed by atoms with E-state index in [0.29, 0.717) is 25.0 Å². The molecule has 1 unspecified atom stereocenters. The number of aryl methyl sites for hydroxylation is 1. The number of hydrogen-bond acceptors (Lipinski definition) is 6. The normalized spacial score (nSPS) is 26.6. The number of ether oxygens (including phenoxy) is 2. The Balaban J connectivity index is 1.43. The third-order valence-electron chi connectivity index (χ3n) is 7.32. The van der Waals surface area contributed by atoms with Gasteiger partial charge in [0.25, 0.3) is 0 Å². The Kier molecular flexibility index (Phi) is 6.04. The maximum Gasteiger partial charge on any atom is 0.222 e. The predicted octanol–water partition coefficient (Wildman–Crippen LogP) is 2.86. The molecule has 8 heteroatoms. The molecule has 8 nitrogen and oxygen atoms in total. The molecule has 0 aliphatic carbocycles. The minimum atomic E-state index is 0.276. The van der Waals surface area contributed by atoms with E-state index in [2.05, 4.69) is 26.2 Å². The van der Waals surface area contributed by atoms with Crippen LogP contribution in [0.1, 0.15) is 49.8 Å². The monoisotopic (exact) mass is 439 g/mol. The molecule has 32 heavy (non-hydrogen) atoms. The van der Waals surface area contributed by atoms with E-state index in [0.717, 1.165) is 74.7 Å². The lowest BCUT2D eigenvalue weighted by Gasteiger charge is -2.48. The number of nitrogens with zero attached hydrogens (tertiary/aromatic N) is 5. The zero-order chi connectivity index (χ0) is 22.0. The lowest BCUT2D eigenvalue weighted by molar-refractivity contribution is -0.134. The molecule has 0 N–H and O–H groups in total. The molecule has 2 fully saturated rings. The third kappa shape index (κ3) is 4.46. The van der Waals surface area contributed by atoms with E-state index in [1.165, 1.54) is 12.8 Å². The molecule has 2 aromatic rings. The Morgan fingerprint density at radius 3 is 2.81 bits per heavy atom. The number of piperidine rings is 2. The van der Waals surface area contributed by atoms with Crippen molar-refractivity contribution in [2.75, 3.05) is 33.3 Å². The largest absolute Gasteiger partial charge is 0.493 e. The van der Waals surface area contributed by atoms with E-state index < -0.39 is 0 Å². The zero-order valence-corrected chi connectivity index (χ0v) is 19.0. The number of fused-ring (bicyclic) bond motifs is 6. The van der Waals surface area contributed by atoms with Crippen LogP contribution in [0.4, 0.5) is 0 Å². The number of hydrogen-bond donors (Lipinski definition) is 0. The first-order valence-corrected chi connectivity index (χ1v) is 11.8. The van der Waals surface area contributed by atoms with E-state index in [1.54, 1.807) is 11.8 Å². The highest BCUT2D eigenvalue weighted by molar-refractivity contribution is 5.76. The minimum absolute atomic E-state index is 0.276. The van der Waals surface area contributed by atoms with Gasteiger partial charge in [0.15, 0.2) is 11.5 Å². The highest BCUT2D eigenvalue weighted by Gasteiger charge is 2.39. The molecule has 5 heterocycles. The summed E-state index contributed by atoms with van der Waals surface area (Å²) in [6.07, 6.45) is 7.91. The van der Waals surface area contributed by atoms with Crippen LogP contribution in [0.15, 0.2) is 24.4 Å². The second kappa shape index (κ2) is 9.10. The maximum absolute atomic E-state index is 12.7. The van der Waals surface area contributed by atoms with E-state index in [1.807, 2.05) is 18.3 Å². The molecule has 2 saturated heterocycles. The van der Waals surface area contributed by atoms with Gasteiger partial charge in [0.2, 0.25) is 5.91 Å². The SMILES string of the molecule is COc1cccc2c1OCc1cn(nn1)CCCC(=O)N1CCC3(CCCN(C2)C3)CC1. The summed E-state index contributed by atoms with van der Waals surface area (Å²) in [5, 5.41) is 8.46. The number of para-hydroxylation sites is 1. The quantitative estimate of drug-likeness (QED) is 0.680. The summed E-state index contributed by atoms with van der Waals surface area (Å²) in [5.74, 6) is 1.83. The number of rotatable bonds is 1. The van der Waals surface area contributed by atoms with E-state index in [9.17, 15) is 4.79 Å². The number of benzene rings is 1. The molecular formula is C24H33N5O3. The maximum atomic E-state index is 12.7. The van der Waals surface area contributed by atoms with Gasteiger partial charge in [-0.15, -0.1) is 5.10 Å². The van der Waals surface area contributed by atoms with Crippen LogP contribution in [0.3, 0.4) is 0 Å². The summed E-state index contributed by atoms with van der Waals surface area (Å²) >= 11 is 0. The number of methoxy groups -OCH3 is 1. The average Bonchev–Trinajstić information content (AvgIpc) is 3.25. The van der Waals surface area contributed by atoms with Crippen molar-refractivity contribution in [3.63, 3.8) is 0 Å². The van der Waals surface area contributed by atoms with Gasteiger partial charge in [0.1, 0.15) is 12.3 Å². The van der Waals surface area contributed by atoms with Crippen molar-refractivity contribution in [1.29, 1.82) is 0 Å². The Labute approximate surface area is 189 Å². The van der Waals surface area contributed by atoms with Gasteiger partial charge in [0, 0.05) is 44.7 Å². The second-order valence-corrected chi connectivity index (χ2v) is 9.51. The molecule has 172 valence electrons. The van der Waals surface area contributed by atoms with Gasteiger partial charge in [-0.1, -0.05) is 17.3 Å². The number of carbonyl (C=O) groups excluding carboxylic acids is 1. The van der Waals surface area contributed by atoms with Gasteiger partial charge in [-0.2, -0.15) is 0 Å². The smallest absolute Gasteiger partial charge is 0.222 e. The second-order valence-electron chi connectivity index (χ2n) is 9.51. The van der Waals surface area contributed by atoms with Crippen LogP contribution in [0.25, 0.3) is 0 Å². The van der Waals surface area contributed by atoms with Gasteiger partial charge in [0.05, 0.1) is 13.3 Å². The standard InChI is InChI=1S/C24H33N5O3/c1-31-21-6-2-5-19-15-27-11-4-8-24(18-27)9-13-28(14-10-24)22(30)7-3-12-29-16-20(25-26-29)17-32-23(19)21/h2,5-6,16H,3-4,7-15,17-18H2,1H3. The van der Waals surface area contributed by atoms with E-state index in [-0.39, 0.29) is 5.91 Å². The molecule has 4 aliphatic rings. The van der Waals surface area contributed by atoms with Crippen LogP contribution >= 0.6 is 0 Å². The molecular weight excluding hydrogens is 406 g/mol. The highest BCUT2D eigenvalue weighted by Crippen LogP contribution is 2.41. The fourth-order valence-corrected chi connectivity index (χ4v) is 5.55. The van der Waals surface area contributed by atoms with Crippen LogP contribution in [0, 0.1) is 5.41 Å². The van der Waals surface area contributed by atoms with Gasteiger partial charge in [-0.25, -0.2) is 0 Å². The summed E-state index contributed by atoms with van der Waals surface area (Å²) in [6.45, 7) is 5.80. The molecule has 1 spiro atoms. The van der Waals surface area contributed by atoms with Crippen molar-refractivity contribution in [2.24, 2.45) is 5.41 Å². The van der Waals surface area contributed by atoms with Crippen LogP contribution in [0.2, 0.25) is 0 Å². The fourth-order valence-electron chi connectivity index (χ4n) is 5.55. The van der Waals surface area contributed by atoms with Crippen LogP contribution in [-0.4, -0.2) is 64.0 Å². The molecule has 0 saturated carbocycles. The summed E-state index contributed by atoms with van der Waals surface area (Å²) < 4.78 is 13.7. The highest BCUT2D eigenvalue weighted by atomic mass is 16.5. The van der Waals surface area contributed by atoms with Crippen molar-refractivity contribution in [3.8, 4) is 11.5 Å². The summed E-state index contributed by atoms with van der Waals surface area (Å²) in [5.41, 5.74) is 2.24. The average molecular weight is 440 g/mol. The van der Waals surface area contributed by atoms with Gasteiger partial charge in [-0.05, 0) is 50.1 Å². The molecule has 0 radical (unpaired) electrons. The lowest BCUT2D eigenvalue weighted by Crippen LogP contribution is -2.50. The van der Waals surface area contributed by atoms with E-state index >= 15 is 0 Å². The van der Waals surface area contributed by atoms with Gasteiger partial charge >= 0.3 is 0 Å². The Hall–Kier alpha value is -2.61. The lowest BCUT2D eigenvalue weighted by atomic mass is 9.72. The molecule has 1 aromatic heterocycles. The van der Waals surface area contributed by atoms with Crippen LogP contribution < -0.4 is 9.47 Å². The first-order chi connectivity index (χ1) is 15.6. The summed E-state index contributed by atoms with van der Waals surface area (Å²) in [7, 11) is 1.69. The molecule has 5 bridgehead atoms. The fraction of sp³-hybridized carbons (Fsp3) is 0.625. The number of aromatic nitrogens is 3. The summed E-state index contributed by atoms with van der Waals surface area (Å²) in [6, 6.07) is 6.12. The van der Waals surface area contributed by atoms with Crippen LogP contribution in [0.5, 0.6) is 11.5 Å². The van der Waals surface area contributed by atoms with Crippen molar-refractivity contribution in [2.45, 2.75) is 58.2 Å². The topological polar surface area (TPSA) is 72.7 Å². The molecule has 1 aromatic carbocycles. The van der Waals surface area contributed by atoms with Crippen molar-refractivity contribution < 1.29 is 14.3 Å². The first kappa shape index (κ1) is 21.2. The first-order valence-electron chi connectivity index (χ1n) is 11.8. The van der Waals surface area contributed by atoms with Gasteiger partial charge < -0.3 is 14.4 Å². The Bertz CT molecular complexity index is 951. The van der Waals surface area contributed by atoms with Crippen molar-refractivity contribution in [3.05, 3.63) is 35.7 Å². The Morgan fingerprint density at radius 1 is 1.09 bits per heavy atom. The predicted molar refractivity (Wildman–Crippen MR) is 119 cm³/mol. The molecule has 1 amide bonds. The number of carbonyl (C=O) groups is 1. The van der Waals surface area contributed by atoms with E-state index in [4.69, 9.17) is 9.47 Å².